The summed E-state index contributed by atoms with van der Waals surface area (Å²) in [6.45, 7) is 3.72. The number of carbonyl (C=O) groups is 2. The normalized spacial score (nSPS) is 11.8. The lowest BCUT2D eigenvalue weighted by atomic mass is 9.88. The molecular weight excluding hydrogens is 472 g/mol. The van der Waals surface area contributed by atoms with Crippen molar-refractivity contribution in [2.24, 2.45) is 0 Å². The Labute approximate surface area is 237 Å². The van der Waals surface area contributed by atoms with E-state index in [0.29, 0.717) is 12.8 Å². The number of aliphatic hydroxyl groups is 2. The van der Waals surface area contributed by atoms with Crippen LogP contribution in [0.4, 0.5) is 0 Å². The first-order valence-corrected chi connectivity index (χ1v) is 16.9. The van der Waals surface area contributed by atoms with Crippen LogP contribution in [-0.4, -0.2) is 34.0 Å². The fourth-order valence-corrected chi connectivity index (χ4v) is 5.35. The van der Waals surface area contributed by atoms with Crippen LogP contribution in [0.15, 0.2) is 0 Å². The van der Waals surface area contributed by atoms with Gasteiger partial charge in [-0.15, -0.1) is 0 Å². The third-order valence-corrected chi connectivity index (χ3v) is 8.17. The molecule has 0 aromatic carbocycles. The summed E-state index contributed by atoms with van der Waals surface area (Å²) in [5, 5.41) is 20.2. The Kier molecular flexibility index (Phi) is 27.3. The van der Waals surface area contributed by atoms with E-state index in [9.17, 15) is 19.8 Å². The summed E-state index contributed by atoms with van der Waals surface area (Å²) in [6, 6.07) is 0. The molecule has 38 heavy (non-hydrogen) atoms. The van der Waals surface area contributed by atoms with Crippen LogP contribution in [0.1, 0.15) is 194 Å². The molecular formula is C34H66O4. The molecule has 0 aromatic heterocycles. The van der Waals surface area contributed by atoms with Crippen LogP contribution in [0.2, 0.25) is 0 Å². The Morgan fingerprint density at radius 1 is 0.421 bits per heavy atom. The van der Waals surface area contributed by atoms with E-state index < -0.39 is 23.8 Å². The van der Waals surface area contributed by atoms with Gasteiger partial charge in [-0.25, -0.2) is 0 Å². The van der Waals surface area contributed by atoms with Gasteiger partial charge in [-0.2, -0.15) is 0 Å². The highest BCUT2D eigenvalue weighted by molar-refractivity contribution is 6.10. The van der Waals surface area contributed by atoms with Crippen LogP contribution >= 0.6 is 0 Å². The molecule has 0 spiro atoms. The number of hydrogen-bond donors (Lipinski definition) is 2. The summed E-state index contributed by atoms with van der Waals surface area (Å²) in [7, 11) is 0. The van der Waals surface area contributed by atoms with Gasteiger partial charge in [-0.1, -0.05) is 168 Å². The molecule has 4 nitrogen and oxygen atoms in total. The summed E-state index contributed by atoms with van der Waals surface area (Å²) in [4.78, 5) is 25.1. The highest BCUT2D eigenvalue weighted by Crippen LogP contribution is 2.19. The minimum atomic E-state index is -2.19. The van der Waals surface area contributed by atoms with Crippen LogP contribution in [-0.2, 0) is 9.59 Å². The first kappa shape index (κ1) is 37.3. The maximum absolute atomic E-state index is 12.5. The molecule has 4 heteroatoms. The van der Waals surface area contributed by atoms with Gasteiger partial charge in [-0.3, -0.25) is 9.59 Å². The van der Waals surface area contributed by atoms with E-state index in [-0.39, 0.29) is 12.8 Å². The molecule has 0 radical (unpaired) electrons. The van der Waals surface area contributed by atoms with Gasteiger partial charge in [0.25, 0.3) is 0 Å². The molecule has 0 atom stereocenters. The second kappa shape index (κ2) is 27.8. The zero-order valence-electron chi connectivity index (χ0n) is 25.7. The van der Waals surface area contributed by atoms with Gasteiger partial charge in [0.1, 0.15) is 0 Å². The first-order chi connectivity index (χ1) is 18.5. The lowest BCUT2D eigenvalue weighted by Gasteiger charge is -2.23. The van der Waals surface area contributed by atoms with Crippen molar-refractivity contribution in [2.45, 2.75) is 199 Å². The molecule has 0 fully saturated rings. The predicted molar refractivity (Wildman–Crippen MR) is 163 cm³/mol. The number of unbranched alkanes of at least 4 members (excludes halogenated alkanes) is 24. The average molecular weight is 539 g/mol. The van der Waals surface area contributed by atoms with Crippen LogP contribution in [0.5, 0.6) is 0 Å². The van der Waals surface area contributed by atoms with Gasteiger partial charge in [0.15, 0.2) is 11.6 Å². The van der Waals surface area contributed by atoms with Crippen molar-refractivity contribution in [1.82, 2.24) is 0 Å². The van der Waals surface area contributed by atoms with Crippen molar-refractivity contribution in [1.29, 1.82) is 0 Å². The Balaban J connectivity index is 3.73. The van der Waals surface area contributed by atoms with Crippen molar-refractivity contribution in [3.05, 3.63) is 0 Å². The molecule has 0 saturated carbocycles. The van der Waals surface area contributed by atoms with Gasteiger partial charge in [0.2, 0.25) is 5.60 Å². The fourth-order valence-electron chi connectivity index (χ4n) is 5.35. The van der Waals surface area contributed by atoms with Crippen LogP contribution in [0.25, 0.3) is 0 Å². The highest BCUT2D eigenvalue weighted by atomic mass is 16.3. The minimum Gasteiger partial charge on any atom is -0.392 e. The van der Waals surface area contributed by atoms with Crippen LogP contribution < -0.4 is 0 Å². The van der Waals surface area contributed by atoms with Crippen molar-refractivity contribution >= 4 is 11.6 Å². The largest absolute Gasteiger partial charge is 0.392 e. The Morgan fingerprint density at radius 3 is 0.842 bits per heavy atom. The van der Waals surface area contributed by atoms with Crippen molar-refractivity contribution in [2.75, 3.05) is 6.61 Å². The minimum absolute atomic E-state index is 0.180. The zero-order valence-corrected chi connectivity index (χ0v) is 25.7. The van der Waals surface area contributed by atoms with E-state index in [0.717, 1.165) is 25.7 Å². The summed E-state index contributed by atoms with van der Waals surface area (Å²) in [6.07, 6.45) is 32.2. The smallest absolute Gasteiger partial charge is 0.204 e. The molecule has 0 heterocycles. The molecule has 0 aromatic rings. The number of carbonyl (C=O) groups excluding carboxylic acids is 2. The molecule has 226 valence electrons. The molecule has 0 bridgehead atoms. The second-order valence-corrected chi connectivity index (χ2v) is 11.9. The SMILES string of the molecule is CCCCCCCCCCCCCCCC(=O)C(O)(CO)C(=O)CCCCCCCCCCCCCCC. The molecule has 0 aliphatic heterocycles. The summed E-state index contributed by atoms with van der Waals surface area (Å²) in [5.74, 6) is -0.995. The van der Waals surface area contributed by atoms with Crippen molar-refractivity contribution in [3.8, 4) is 0 Å². The van der Waals surface area contributed by atoms with E-state index in [1.165, 1.54) is 128 Å². The monoisotopic (exact) mass is 538 g/mol. The zero-order chi connectivity index (χ0) is 28.2. The van der Waals surface area contributed by atoms with Crippen LogP contribution in [0.3, 0.4) is 0 Å². The molecule has 0 aliphatic carbocycles. The lowest BCUT2D eigenvalue weighted by molar-refractivity contribution is -0.155. The second-order valence-electron chi connectivity index (χ2n) is 11.9. The number of rotatable bonds is 31. The number of aliphatic hydroxyl groups excluding tert-OH is 1. The number of ketones is 2. The Bertz CT molecular complexity index is 489. The maximum atomic E-state index is 12.5. The maximum Gasteiger partial charge on any atom is 0.204 e. The van der Waals surface area contributed by atoms with Crippen molar-refractivity contribution < 1.29 is 19.8 Å². The number of hydrogen-bond acceptors (Lipinski definition) is 4. The average Bonchev–Trinajstić information content (AvgIpc) is 2.93. The third-order valence-electron chi connectivity index (χ3n) is 8.17. The summed E-state index contributed by atoms with van der Waals surface area (Å²) >= 11 is 0. The molecule has 0 aliphatic rings. The standard InChI is InChI=1S/C34H66O4/c1-3-5-7-9-11-13-15-17-19-21-23-25-27-29-32(36)34(38,31-35)33(37)30-28-26-24-22-20-18-16-14-12-10-8-6-4-2/h35,38H,3-31H2,1-2H3. The Morgan fingerprint density at radius 2 is 0.632 bits per heavy atom. The van der Waals surface area contributed by atoms with E-state index >= 15 is 0 Å². The summed E-state index contributed by atoms with van der Waals surface area (Å²) < 4.78 is 0. The molecule has 0 rings (SSSR count). The lowest BCUT2D eigenvalue weighted by Crippen LogP contribution is -2.49. The highest BCUT2D eigenvalue weighted by Gasteiger charge is 2.41. The van der Waals surface area contributed by atoms with E-state index in [1.807, 2.05) is 0 Å². The molecule has 0 saturated heterocycles. The quantitative estimate of drug-likeness (QED) is 0.0680. The predicted octanol–water partition coefficient (Wildman–Crippen LogP) is 9.81. The fraction of sp³-hybridized carbons (Fsp3) is 0.941. The van der Waals surface area contributed by atoms with Gasteiger partial charge in [0, 0.05) is 12.8 Å². The molecule has 0 amide bonds. The molecule has 2 N–H and O–H groups in total. The van der Waals surface area contributed by atoms with Gasteiger partial charge in [-0.05, 0) is 12.8 Å². The topological polar surface area (TPSA) is 74.6 Å². The van der Waals surface area contributed by atoms with E-state index in [1.54, 1.807) is 0 Å². The van der Waals surface area contributed by atoms with Crippen LogP contribution in [0, 0.1) is 0 Å². The van der Waals surface area contributed by atoms with Gasteiger partial charge in [0.05, 0.1) is 6.61 Å². The van der Waals surface area contributed by atoms with E-state index in [4.69, 9.17) is 0 Å². The number of Topliss-reactive ketones (excluding diaryl/α,β-unsaturated/α-hetero) is 2. The van der Waals surface area contributed by atoms with Gasteiger partial charge >= 0.3 is 0 Å². The third kappa shape index (κ3) is 21.1. The van der Waals surface area contributed by atoms with Gasteiger partial charge < -0.3 is 10.2 Å². The van der Waals surface area contributed by atoms with E-state index in [2.05, 4.69) is 13.8 Å². The first-order valence-electron chi connectivity index (χ1n) is 16.9. The molecule has 0 unspecified atom stereocenters. The summed E-state index contributed by atoms with van der Waals surface area (Å²) in [5.41, 5.74) is -2.19. The van der Waals surface area contributed by atoms with Crippen molar-refractivity contribution in [3.63, 3.8) is 0 Å². The Hall–Kier alpha value is -0.740.